The second kappa shape index (κ2) is 9.47. The van der Waals surface area contributed by atoms with E-state index in [2.05, 4.69) is 58.8 Å². The van der Waals surface area contributed by atoms with Gasteiger partial charge in [0.2, 0.25) is 0 Å². The van der Waals surface area contributed by atoms with Crippen LogP contribution >= 0.6 is 0 Å². The molecule has 1 saturated heterocycles. The Balaban J connectivity index is 1.66. The molecule has 164 valence electrons. The average Bonchev–Trinajstić information content (AvgIpc) is 3.22. The summed E-state index contributed by atoms with van der Waals surface area (Å²) in [5.74, 6) is -0.124. The molecule has 1 fully saturated rings. The molecule has 0 saturated carbocycles. The van der Waals surface area contributed by atoms with Crippen molar-refractivity contribution in [1.82, 2.24) is 20.1 Å². The van der Waals surface area contributed by atoms with Crippen LogP contribution in [0.3, 0.4) is 0 Å². The lowest BCUT2D eigenvalue weighted by atomic mass is 10.0. The maximum absolute atomic E-state index is 13.4. The van der Waals surface area contributed by atoms with Crippen molar-refractivity contribution >= 4 is 22.6 Å². The molecule has 1 unspecified atom stereocenters. The molecule has 3 heterocycles. The van der Waals surface area contributed by atoms with Crippen LogP contribution in [-0.2, 0) is 11.3 Å². The zero-order chi connectivity index (χ0) is 21.8. The van der Waals surface area contributed by atoms with E-state index in [0.717, 1.165) is 61.3 Å². The molecule has 31 heavy (non-hydrogen) atoms. The van der Waals surface area contributed by atoms with E-state index >= 15 is 0 Å². The van der Waals surface area contributed by atoms with Crippen molar-refractivity contribution in [3.05, 3.63) is 53.3 Å². The Morgan fingerprint density at radius 1 is 1.19 bits per heavy atom. The van der Waals surface area contributed by atoms with Gasteiger partial charge in [-0.25, -0.2) is 9.67 Å². The van der Waals surface area contributed by atoms with Gasteiger partial charge in [0.1, 0.15) is 0 Å². The molecular formula is C24H31N5O2. The molecule has 7 heteroatoms. The van der Waals surface area contributed by atoms with E-state index in [1.807, 2.05) is 17.8 Å². The van der Waals surface area contributed by atoms with Gasteiger partial charge in [-0.2, -0.15) is 5.10 Å². The van der Waals surface area contributed by atoms with E-state index in [-0.39, 0.29) is 18.0 Å². The Kier molecular flexibility index (Phi) is 6.51. The summed E-state index contributed by atoms with van der Waals surface area (Å²) in [7, 11) is 0. The minimum atomic E-state index is -0.124. The number of aromatic nitrogens is 3. The molecule has 1 aromatic carbocycles. The van der Waals surface area contributed by atoms with Crippen LogP contribution < -0.4 is 10.6 Å². The third-order valence-electron chi connectivity index (χ3n) is 5.97. The first-order chi connectivity index (χ1) is 15.1. The van der Waals surface area contributed by atoms with Crippen molar-refractivity contribution in [2.45, 2.75) is 58.7 Å². The minimum absolute atomic E-state index is 0.0573. The van der Waals surface area contributed by atoms with Crippen LogP contribution in [0.25, 0.3) is 11.0 Å². The van der Waals surface area contributed by atoms with Gasteiger partial charge in [0, 0.05) is 32.0 Å². The normalized spacial score (nSPS) is 15.7. The van der Waals surface area contributed by atoms with Gasteiger partial charge in [0.05, 0.1) is 28.9 Å². The minimum Gasteiger partial charge on any atom is -0.381 e. The second-order valence-corrected chi connectivity index (χ2v) is 8.12. The average molecular weight is 422 g/mol. The van der Waals surface area contributed by atoms with Gasteiger partial charge in [-0.15, -0.1) is 0 Å². The number of carbonyl (C=O) groups excluding carboxylic acids is 1. The largest absolute Gasteiger partial charge is 0.381 e. The Morgan fingerprint density at radius 2 is 1.94 bits per heavy atom. The molecule has 2 N–H and O–H groups in total. The number of nitrogens with one attached hydrogen (secondary N) is 2. The Bertz CT molecular complexity index is 1040. The molecule has 1 amide bonds. The molecular weight excluding hydrogens is 390 g/mol. The van der Waals surface area contributed by atoms with Crippen LogP contribution in [0.2, 0.25) is 0 Å². The fourth-order valence-electron chi connectivity index (χ4n) is 4.09. The zero-order valence-corrected chi connectivity index (χ0v) is 18.5. The third kappa shape index (κ3) is 4.56. The quantitative estimate of drug-likeness (QED) is 0.597. The number of hydrogen-bond acceptors (Lipinski definition) is 5. The summed E-state index contributed by atoms with van der Waals surface area (Å²) < 4.78 is 7.36. The number of aryl methyl sites for hydroxylation is 2. The van der Waals surface area contributed by atoms with Crippen LogP contribution in [0.5, 0.6) is 0 Å². The summed E-state index contributed by atoms with van der Waals surface area (Å²) in [6.07, 6.45) is 6.11. The molecule has 1 aliphatic heterocycles. The Morgan fingerprint density at radius 3 is 2.61 bits per heavy atom. The number of amides is 1. The molecule has 3 aromatic rings. The van der Waals surface area contributed by atoms with E-state index in [9.17, 15) is 4.79 Å². The SMILES string of the molecule is CCC(NC(=O)c1cnc2c(cnn2CC)c1NC1CCOCC1)c1ccc(C)cc1. The molecule has 2 aromatic heterocycles. The number of benzene rings is 1. The van der Waals surface area contributed by atoms with Gasteiger partial charge in [-0.1, -0.05) is 36.8 Å². The first kappa shape index (κ1) is 21.3. The van der Waals surface area contributed by atoms with Crippen molar-refractivity contribution in [2.24, 2.45) is 0 Å². The van der Waals surface area contributed by atoms with Gasteiger partial charge >= 0.3 is 0 Å². The highest BCUT2D eigenvalue weighted by atomic mass is 16.5. The van der Waals surface area contributed by atoms with Crippen molar-refractivity contribution < 1.29 is 9.53 Å². The summed E-state index contributed by atoms with van der Waals surface area (Å²) in [6.45, 7) is 8.37. The van der Waals surface area contributed by atoms with Crippen molar-refractivity contribution in [3.8, 4) is 0 Å². The number of fused-ring (bicyclic) bond motifs is 1. The number of ether oxygens (including phenoxy) is 1. The predicted octanol–water partition coefficient (Wildman–Crippen LogP) is 4.23. The third-order valence-corrected chi connectivity index (χ3v) is 5.97. The molecule has 0 bridgehead atoms. The fourth-order valence-corrected chi connectivity index (χ4v) is 4.09. The monoisotopic (exact) mass is 421 g/mol. The Hall–Kier alpha value is -2.93. The van der Waals surface area contributed by atoms with Crippen LogP contribution in [0.1, 0.15) is 60.6 Å². The van der Waals surface area contributed by atoms with Crippen LogP contribution in [-0.4, -0.2) is 39.9 Å². The van der Waals surface area contributed by atoms with Gasteiger partial charge < -0.3 is 15.4 Å². The fraction of sp³-hybridized carbons (Fsp3) is 0.458. The van der Waals surface area contributed by atoms with E-state index < -0.39 is 0 Å². The number of hydrogen-bond donors (Lipinski definition) is 2. The summed E-state index contributed by atoms with van der Waals surface area (Å²) >= 11 is 0. The molecule has 4 rings (SSSR count). The van der Waals surface area contributed by atoms with E-state index in [1.165, 1.54) is 5.56 Å². The highest BCUT2D eigenvalue weighted by Crippen LogP contribution is 2.29. The van der Waals surface area contributed by atoms with E-state index in [4.69, 9.17) is 4.74 Å². The predicted molar refractivity (Wildman–Crippen MR) is 122 cm³/mol. The number of anilines is 1. The van der Waals surface area contributed by atoms with Gasteiger partial charge in [-0.05, 0) is 38.7 Å². The van der Waals surface area contributed by atoms with Crippen LogP contribution in [0.4, 0.5) is 5.69 Å². The van der Waals surface area contributed by atoms with Gasteiger partial charge in [0.25, 0.3) is 5.91 Å². The first-order valence-corrected chi connectivity index (χ1v) is 11.2. The maximum Gasteiger partial charge on any atom is 0.255 e. The van der Waals surface area contributed by atoms with Crippen LogP contribution in [0, 0.1) is 6.92 Å². The highest BCUT2D eigenvalue weighted by Gasteiger charge is 2.23. The zero-order valence-electron chi connectivity index (χ0n) is 18.5. The lowest BCUT2D eigenvalue weighted by Crippen LogP contribution is -2.32. The lowest BCUT2D eigenvalue weighted by molar-refractivity contribution is 0.0903. The standard InChI is InChI=1S/C24H31N5O2/c1-4-21(17-8-6-16(3)7-9-17)28-24(30)20-14-25-23-19(15-26-29(23)5-2)22(20)27-18-10-12-31-13-11-18/h6-9,14-15,18,21H,4-5,10-13H2,1-3H3,(H,25,27)(H,28,30). The molecule has 7 nitrogen and oxygen atoms in total. The summed E-state index contributed by atoms with van der Waals surface area (Å²) in [5, 5.41) is 12.2. The molecule has 1 aliphatic rings. The Labute approximate surface area is 183 Å². The van der Waals surface area contributed by atoms with E-state index in [0.29, 0.717) is 5.56 Å². The van der Waals surface area contributed by atoms with Crippen molar-refractivity contribution in [3.63, 3.8) is 0 Å². The van der Waals surface area contributed by atoms with Crippen molar-refractivity contribution in [2.75, 3.05) is 18.5 Å². The lowest BCUT2D eigenvalue weighted by Gasteiger charge is -2.26. The molecule has 0 radical (unpaired) electrons. The first-order valence-electron chi connectivity index (χ1n) is 11.2. The molecule has 0 spiro atoms. The highest BCUT2D eigenvalue weighted by molar-refractivity contribution is 6.06. The summed E-state index contributed by atoms with van der Waals surface area (Å²) in [5.41, 5.74) is 4.47. The summed E-state index contributed by atoms with van der Waals surface area (Å²) in [4.78, 5) is 18.0. The number of carbonyl (C=O) groups is 1. The van der Waals surface area contributed by atoms with Gasteiger partial charge in [-0.3, -0.25) is 4.79 Å². The second-order valence-electron chi connectivity index (χ2n) is 8.12. The molecule has 0 aliphatic carbocycles. The maximum atomic E-state index is 13.4. The van der Waals surface area contributed by atoms with Crippen molar-refractivity contribution in [1.29, 1.82) is 0 Å². The number of pyridine rings is 1. The van der Waals surface area contributed by atoms with E-state index in [1.54, 1.807) is 6.20 Å². The van der Waals surface area contributed by atoms with Crippen LogP contribution in [0.15, 0.2) is 36.7 Å². The number of nitrogens with zero attached hydrogens (tertiary/aromatic N) is 3. The van der Waals surface area contributed by atoms with Gasteiger partial charge in [0.15, 0.2) is 5.65 Å². The summed E-state index contributed by atoms with van der Waals surface area (Å²) in [6, 6.07) is 8.52. The molecule has 1 atom stereocenters. The number of rotatable bonds is 7. The smallest absolute Gasteiger partial charge is 0.255 e. The topological polar surface area (TPSA) is 81.1 Å².